The van der Waals surface area contributed by atoms with E-state index in [0.29, 0.717) is 13.2 Å². The summed E-state index contributed by atoms with van der Waals surface area (Å²) in [7, 11) is 0. The highest BCUT2D eigenvalue weighted by molar-refractivity contribution is 5.43. The van der Waals surface area contributed by atoms with Crippen LogP contribution in [0.2, 0.25) is 0 Å². The van der Waals surface area contributed by atoms with Crippen LogP contribution in [0.3, 0.4) is 0 Å². The SMILES string of the molecule is CC1CCCC(NCCc2ccc3c(c2)OCCO3)C1. The van der Waals surface area contributed by atoms with Crippen LogP contribution in [0.15, 0.2) is 18.2 Å². The highest BCUT2D eigenvalue weighted by Gasteiger charge is 2.18. The van der Waals surface area contributed by atoms with Crippen LogP contribution in [0.25, 0.3) is 0 Å². The molecule has 1 fully saturated rings. The second-order valence-corrected chi connectivity index (χ2v) is 6.15. The predicted molar refractivity (Wildman–Crippen MR) is 80.6 cm³/mol. The molecule has 0 radical (unpaired) electrons. The van der Waals surface area contributed by atoms with Gasteiger partial charge < -0.3 is 14.8 Å². The van der Waals surface area contributed by atoms with Crippen LogP contribution < -0.4 is 14.8 Å². The predicted octanol–water partition coefficient (Wildman–Crippen LogP) is 3.17. The second kappa shape index (κ2) is 6.49. The van der Waals surface area contributed by atoms with E-state index in [-0.39, 0.29) is 0 Å². The molecule has 1 aromatic rings. The third kappa shape index (κ3) is 3.45. The number of rotatable bonds is 4. The number of nitrogens with one attached hydrogen (secondary N) is 1. The van der Waals surface area contributed by atoms with E-state index in [1.165, 1.54) is 31.2 Å². The number of hydrogen-bond acceptors (Lipinski definition) is 3. The third-order valence-electron chi connectivity index (χ3n) is 4.39. The quantitative estimate of drug-likeness (QED) is 0.915. The fourth-order valence-corrected chi connectivity index (χ4v) is 3.28. The van der Waals surface area contributed by atoms with Gasteiger partial charge >= 0.3 is 0 Å². The smallest absolute Gasteiger partial charge is 0.161 e. The Morgan fingerprint density at radius 1 is 1.15 bits per heavy atom. The summed E-state index contributed by atoms with van der Waals surface area (Å²) in [6, 6.07) is 7.03. The van der Waals surface area contributed by atoms with Gasteiger partial charge in [0.15, 0.2) is 11.5 Å². The maximum Gasteiger partial charge on any atom is 0.161 e. The average molecular weight is 275 g/mol. The second-order valence-electron chi connectivity index (χ2n) is 6.15. The van der Waals surface area contributed by atoms with Gasteiger partial charge in [0.05, 0.1) is 0 Å². The summed E-state index contributed by atoms with van der Waals surface area (Å²) in [5.74, 6) is 2.67. The van der Waals surface area contributed by atoms with E-state index in [1.54, 1.807) is 0 Å². The molecular formula is C17H25NO2. The van der Waals surface area contributed by atoms with Crippen molar-refractivity contribution in [3.63, 3.8) is 0 Å². The van der Waals surface area contributed by atoms with Crippen molar-refractivity contribution in [3.05, 3.63) is 23.8 Å². The molecule has 1 heterocycles. The van der Waals surface area contributed by atoms with Gasteiger partial charge in [0.1, 0.15) is 13.2 Å². The lowest BCUT2D eigenvalue weighted by atomic mass is 9.87. The molecule has 1 aliphatic heterocycles. The zero-order valence-corrected chi connectivity index (χ0v) is 12.4. The summed E-state index contributed by atoms with van der Waals surface area (Å²) in [4.78, 5) is 0. The Kier molecular flexibility index (Phi) is 4.46. The molecule has 2 aliphatic rings. The largest absolute Gasteiger partial charge is 0.486 e. The van der Waals surface area contributed by atoms with Gasteiger partial charge in [0, 0.05) is 6.04 Å². The molecule has 1 aromatic carbocycles. The van der Waals surface area contributed by atoms with E-state index in [1.807, 2.05) is 6.07 Å². The lowest BCUT2D eigenvalue weighted by Gasteiger charge is -2.27. The number of hydrogen-bond donors (Lipinski definition) is 1. The first-order valence-corrected chi connectivity index (χ1v) is 7.93. The van der Waals surface area contributed by atoms with Gasteiger partial charge in [-0.15, -0.1) is 0 Å². The molecule has 0 bridgehead atoms. The van der Waals surface area contributed by atoms with E-state index in [4.69, 9.17) is 9.47 Å². The zero-order valence-electron chi connectivity index (χ0n) is 12.4. The van der Waals surface area contributed by atoms with E-state index in [2.05, 4.69) is 24.4 Å². The molecule has 0 spiro atoms. The summed E-state index contributed by atoms with van der Waals surface area (Å²) < 4.78 is 11.2. The summed E-state index contributed by atoms with van der Waals surface area (Å²) in [6.07, 6.45) is 6.51. The van der Waals surface area contributed by atoms with Crippen molar-refractivity contribution < 1.29 is 9.47 Å². The average Bonchev–Trinajstić information content (AvgIpc) is 2.47. The van der Waals surface area contributed by atoms with E-state index >= 15 is 0 Å². The number of ether oxygens (including phenoxy) is 2. The minimum atomic E-state index is 0.660. The molecule has 1 saturated carbocycles. The van der Waals surface area contributed by atoms with Crippen LogP contribution in [0.5, 0.6) is 11.5 Å². The summed E-state index contributed by atoms with van der Waals surface area (Å²) in [5.41, 5.74) is 1.32. The maximum absolute atomic E-state index is 5.63. The fourth-order valence-electron chi connectivity index (χ4n) is 3.28. The van der Waals surface area contributed by atoms with Crippen LogP contribution in [0.1, 0.15) is 38.2 Å². The zero-order chi connectivity index (χ0) is 13.8. The van der Waals surface area contributed by atoms with Crippen molar-refractivity contribution in [3.8, 4) is 11.5 Å². The van der Waals surface area contributed by atoms with Gasteiger partial charge in [-0.3, -0.25) is 0 Å². The van der Waals surface area contributed by atoms with Crippen molar-refractivity contribution in [2.75, 3.05) is 19.8 Å². The van der Waals surface area contributed by atoms with Gasteiger partial charge in [-0.1, -0.05) is 25.8 Å². The molecule has 2 unspecified atom stereocenters. The molecule has 3 nitrogen and oxygen atoms in total. The monoisotopic (exact) mass is 275 g/mol. The Hall–Kier alpha value is -1.22. The highest BCUT2D eigenvalue weighted by atomic mass is 16.6. The van der Waals surface area contributed by atoms with Crippen LogP contribution in [0, 0.1) is 5.92 Å². The topological polar surface area (TPSA) is 30.5 Å². The first kappa shape index (κ1) is 13.7. The third-order valence-corrected chi connectivity index (χ3v) is 4.39. The summed E-state index contributed by atoms with van der Waals surface area (Å²) in [6.45, 7) is 4.74. The van der Waals surface area contributed by atoms with Gasteiger partial charge in [0.2, 0.25) is 0 Å². The summed E-state index contributed by atoms with van der Waals surface area (Å²) >= 11 is 0. The molecule has 1 aliphatic carbocycles. The minimum Gasteiger partial charge on any atom is -0.486 e. The van der Waals surface area contributed by atoms with Crippen LogP contribution >= 0.6 is 0 Å². The lowest BCUT2D eigenvalue weighted by molar-refractivity contribution is 0.171. The van der Waals surface area contributed by atoms with Crippen molar-refractivity contribution in [1.29, 1.82) is 0 Å². The molecule has 0 aromatic heterocycles. The van der Waals surface area contributed by atoms with Gasteiger partial charge in [-0.25, -0.2) is 0 Å². The molecular weight excluding hydrogens is 250 g/mol. The van der Waals surface area contributed by atoms with Crippen molar-refractivity contribution >= 4 is 0 Å². The number of fused-ring (bicyclic) bond motifs is 1. The Morgan fingerprint density at radius 3 is 2.85 bits per heavy atom. The molecule has 20 heavy (non-hydrogen) atoms. The van der Waals surface area contributed by atoms with Crippen LogP contribution in [0.4, 0.5) is 0 Å². The Morgan fingerprint density at radius 2 is 2.00 bits per heavy atom. The molecule has 110 valence electrons. The van der Waals surface area contributed by atoms with E-state index in [0.717, 1.165) is 36.4 Å². The van der Waals surface area contributed by atoms with E-state index in [9.17, 15) is 0 Å². The molecule has 3 heteroatoms. The molecule has 3 rings (SSSR count). The Labute approximate surface area is 121 Å². The van der Waals surface area contributed by atoms with Crippen molar-refractivity contribution in [2.45, 2.75) is 45.1 Å². The normalized spacial score (nSPS) is 25.4. The molecule has 2 atom stereocenters. The molecule has 1 N–H and O–H groups in total. The van der Waals surface area contributed by atoms with Crippen molar-refractivity contribution in [1.82, 2.24) is 5.32 Å². The van der Waals surface area contributed by atoms with Crippen LogP contribution in [-0.2, 0) is 6.42 Å². The lowest BCUT2D eigenvalue weighted by Crippen LogP contribution is -2.34. The fraction of sp³-hybridized carbons (Fsp3) is 0.647. The number of benzene rings is 1. The van der Waals surface area contributed by atoms with Crippen molar-refractivity contribution in [2.24, 2.45) is 5.92 Å². The highest BCUT2D eigenvalue weighted by Crippen LogP contribution is 2.30. The minimum absolute atomic E-state index is 0.660. The van der Waals surface area contributed by atoms with Crippen LogP contribution in [-0.4, -0.2) is 25.8 Å². The van der Waals surface area contributed by atoms with E-state index < -0.39 is 0 Å². The first-order chi connectivity index (χ1) is 9.81. The van der Waals surface area contributed by atoms with Gasteiger partial charge in [-0.2, -0.15) is 0 Å². The Balaban J connectivity index is 1.48. The summed E-state index contributed by atoms with van der Waals surface area (Å²) in [5, 5.41) is 3.71. The molecule has 0 saturated heterocycles. The standard InChI is InChI=1S/C17H25NO2/c1-13-3-2-4-15(11-13)18-8-7-14-5-6-16-17(12-14)20-10-9-19-16/h5-6,12-13,15,18H,2-4,7-11H2,1H3. The first-order valence-electron chi connectivity index (χ1n) is 7.93. The van der Waals surface area contributed by atoms with Gasteiger partial charge in [0.25, 0.3) is 0 Å². The Bertz CT molecular complexity index is 447. The maximum atomic E-state index is 5.63. The van der Waals surface area contributed by atoms with Gasteiger partial charge in [-0.05, 0) is 49.4 Å². The molecule has 0 amide bonds.